The van der Waals surface area contributed by atoms with Gasteiger partial charge in [0.2, 0.25) is 23.6 Å². The third kappa shape index (κ3) is 12.2. The second-order valence-corrected chi connectivity index (χ2v) is 8.57. The molecular formula is C24H36N6O8. The summed E-state index contributed by atoms with van der Waals surface area (Å²) in [5.74, 6) is -4.65. The number of nitrogens with two attached hydrogens (primary N) is 2. The quantitative estimate of drug-likeness (QED) is 0.126. The lowest BCUT2D eigenvalue weighted by molar-refractivity contribution is -0.143. The first kappa shape index (κ1) is 31.8. The molecule has 0 bridgehead atoms. The van der Waals surface area contributed by atoms with Gasteiger partial charge >= 0.3 is 12.1 Å². The van der Waals surface area contributed by atoms with Crippen LogP contribution in [0.5, 0.6) is 0 Å². The molecule has 0 unspecified atom stereocenters. The molecule has 1 aromatic rings. The molecule has 0 aliphatic rings. The van der Waals surface area contributed by atoms with Crippen molar-refractivity contribution in [3.63, 3.8) is 0 Å². The number of carboxylic acid groups (broad SMARTS) is 1. The fourth-order valence-corrected chi connectivity index (χ4v) is 3.15. The summed E-state index contributed by atoms with van der Waals surface area (Å²) in [4.78, 5) is 72.1. The largest absolute Gasteiger partial charge is 0.480 e. The first-order valence-corrected chi connectivity index (χ1v) is 12.0. The van der Waals surface area contributed by atoms with E-state index < -0.39 is 66.3 Å². The van der Waals surface area contributed by atoms with Gasteiger partial charge in [-0.05, 0) is 45.2 Å². The summed E-state index contributed by atoms with van der Waals surface area (Å²) >= 11 is 0. The van der Waals surface area contributed by atoms with Gasteiger partial charge in [-0.3, -0.25) is 19.2 Å². The van der Waals surface area contributed by atoms with Crippen molar-refractivity contribution in [1.82, 2.24) is 21.3 Å². The summed E-state index contributed by atoms with van der Waals surface area (Å²) in [6.07, 6.45) is -0.0528. The van der Waals surface area contributed by atoms with Gasteiger partial charge in [-0.15, -0.1) is 0 Å². The van der Waals surface area contributed by atoms with Crippen molar-refractivity contribution < 1.29 is 38.6 Å². The van der Waals surface area contributed by atoms with Gasteiger partial charge in [0, 0.05) is 0 Å². The van der Waals surface area contributed by atoms with Crippen LogP contribution in [0.3, 0.4) is 0 Å². The Labute approximate surface area is 220 Å². The summed E-state index contributed by atoms with van der Waals surface area (Å²) in [5, 5.41) is 18.5. The van der Waals surface area contributed by atoms with Crippen molar-refractivity contribution in [2.75, 3.05) is 6.54 Å². The monoisotopic (exact) mass is 536 g/mol. The number of carbonyl (C=O) groups is 6. The summed E-state index contributed by atoms with van der Waals surface area (Å²) in [5.41, 5.74) is 11.3. The Kier molecular flexibility index (Phi) is 13.8. The van der Waals surface area contributed by atoms with E-state index >= 15 is 0 Å². The summed E-state index contributed by atoms with van der Waals surface area (Å²) in [6.45, 7) is 3.07. The molecule has 0 saturated carbocycles. The molecule has 38 heavy (non-hydrogen) atoms. The van der Waals surface area contributed by atoms with Gasteiger partial charge in [0.1, 0.15) is 30.8 Å². The molecule has 0 fully saturated rings. The average Bonchev–Trinajstić information content (AvgIpc) is 2.86. The molecule has 14 nitrogen and oxygen atoms in total. The molecule has 0 aliphatic heterocycles. The number of carbonyl (C=O) groups excluding carboxylic acids is 5. The van der Waals surface area contributed by atoms with Gasteiger partial charge in [-0.2, -0.15) is 0 Å². The number of hydrogen-bond donors (Lipinski definition) is 7. The molecule has 1 rings (SSSR count). The van der Waals surface area contributed by atoms with E-state index in [1.807, 2.05) is 6.07 Å². The molecule has 14 heteroatoms. The number of ether oxygens (including phenoxy) is 1. The highest BCUT2D eigenvalue weighted by Gasteiger charge is 2.28. The Morgan fingerprint density at radius 1 is 0.842 bits per heavy atom. The predicted octanol–water partition coefficient (Wildman–Crippen LogP) is -1.14. The lowest BCUT2D eigenvalue weighted by Gasteiger charge is -2.23. The van der Waals surface area contributed by atoms with Gasteiger partial charge < -0.3 is 42.6 Å². The van der Waals surface area contributed by atoms with Crippen molar-refractivity contribution in [2.45, 2.75) is 70.3 Å². The number of amides is 5. The first-order chi connectivity index (χ1) is 17.9. The molecule has 0 saturated heterocycles. The van der Waals surface area contributed by atoms with Crippen molar-refractivity contribution in [3.8, 4) is 0 Å². The SMILES string of the molecule is C[C@@H](NC(=O)[C@@H](C)NC(=O)[C@@H](CCCCN)NC(=O)OCc1ccccc1)C(=O)N[C@@H](CC(N)=O)C(=O)O. The maximum atomic E-state index is 12.8. The number of carboxylic acids is 1. The van der Waals surface area contributed by atoms with Crippen molar-refractivity contribution in [3.05, 3.63) is 35.9 Å². The van der Waals surface area contributed by atoms with E-state index in [2.05, 4.69) is 21.3 Å². The first-order valence-electron chi connectivity index (χ1n) is 12.0. The fourth-order valence-electron chi connectivity index (χ4n) is 3.15. The van der Waals surface area contributed by atoms with Crippen LogP contribution in [0.2, 0.25) is 0 Å². The number of rotatable bonds is 16. The highest BCUT2D eigenvalue weighted by molar-refractivity contribution is 5.95. The van der Waals surface area contributed by atoms with E-state index in [0.29, 0.717) is 19.4 Å². The van der Waals surface area contributed by atoms with Crippen LogP contribution in [0, 0.1) is 0 Å². The second-order valence-electron chi connectivity index (χ2n) is 8.57. The third-order valence-corrected chi connectivity index (χ3v) is 5.29. The predicted molar refractivity (Wildman–Crippen MR) is 135 cm³/mol. The summed E-state index contributed by atoms with van der Waals surface area (Å²) < 4.78 is 5.17. The average molecular weight is 537 g/mol. The zero-order chi connectivity index (χ0) is 28.7. The number of primary amides is 1. The van der Waals surface area contributed by atoms with E-state index in [-0.39, 0.29) is 13.0 Å². The molecular weight excluding hydrogens is 500 g/mol. The number of unbranched alkanes of at least 4 members (excludes halogenated alkanes) is 1. The molecule has 4 atom stereocenters. The molecule has 5 amide bonds. The summed E-state index contributed by atoms with van der Waals surface area (Å²) in [6, 6.07) is 4.09. The molecule has 0 aromatic heterocycles. The lowest BCUT2D eigenvalue weighted by atomic mass is 10.1. The van der Waals surface area contributed by atoms with Gasteiger partial charge in [0.15, 0.2) is 0 Å². The van der Waals surface area contributed by atoms with Crippen LogP contribution >= 0.6 is 0 Å². The minimum absolute atomic E-state index is 0.00471. The Bertz CT molecular complexity index is 974. The maximum Gasteiger partial charge on any atom is 0.408 e. The number of benzene rings is 1. The Balaban J connectivity index is 2.68. The minimum atomic E-state index is -1.56. The topological polar surface area (TPSA) is 232 Å². The number of nitrogens with one attached hydrogen (secondary N) is 4. The van der Waals surface area contributed by atoms with Crippen LogP contribution in [0.25, 0.3) is 0 Å². The van der Waals surface area contributed by atoms with Crippen molar-refractivity contribution in [1.29, 1.82) is 0 Å². The van der Waals surface area contributed by atoms with Crippen LogP contribution in [0.1, 0.15) is 45.1 Å². The third-order valence-electron chi connectivity index (χ3n) is 5.29. The zero-order valence-corrected chi connectivity index (χ0v) is 21.4. The smallest absolute Gasteiger partial charge is 0.408 e. The Morgan fingerprint density at radius 2 is 1.42 bits per heavy atom. The fraction of sp³-hybridized carbons (Fsp3) is 0.500. The van der Waals surface area contributed by atoms with Crippen LogP contribution < -0.4 is 32.7 Å². The Hall–Kier alpha value is -4.20. The van der Waals surface area contributed by atoms with Gasteiger partial charge in [0.05, 0.1) is 6.42 Å². The zero-order valence-electron chi connectivity index (χ0n) is 21.4. The van der Waals surface area contributed by atoms with E-state index in [9.17, 15) is 28.8 Å². The number of alkyl carbamates (subject to hydrolysis) is 1. The number of hydrogen-bond acceptors (Lipinski definition) is 8. The molecule has 0 radical (unpaired) electrons. The van der Waals surface area contributed by atoms with Crippen LogP contribution in [-0.4, -0.2) is 71.5 Å². The molecule has 1 aromatic carbocycles. The van der Waals surface area contributed by atoms with E-state index in [4.69, 9.17) is 21.3 Å². The van der Waals surface area contributed by atoms with Crippen LogP contribution in [0.15, 0.2) is 30.3 Å². The second kappa shape index (κ2) is 16.5. The van der Waals surface area contributed by atoms with Gasteiger partial charge in [-0.1, -0.05) is 30.3 Å². The normalized spacial score (nSPS) is 13.7. The highest BCUT2D eigenvalue weighted by Crippen LogP contribution is 2.05. The van der Waals surface area contributed by atoms with E-state index in [1.54, 1.807) is 24.3 Å². The molecule has 0 aliphatic carbocycles. The van der Waals surface area contributed by atoms with E-state index in [0.717, 1.165) is 5.56 Å². The molecule has 0 spiro atoms. The molecule has 210 valence electrons. The highest BCUT2D eigenvalue weighted by atomic mass is 16.5. The lowest BCUT2D eigenvalue weighted by Crippen LogP contribution is -2.56. The summed E-state index contributed by atoms with van der Waals surface area (Å²) in [7, 11) is 0. The van der Waals surface area contributed by atoms with Crippen molar-refractivity contribution in [2.24, 2.45) is 11.5 Å². The minimum Gasteiger partial charge on any atom is -0.480 e. The van der Waals surface area contributed by atoms with Crippen LogP contribution in [-0.2, 0) is 35.3 Å². The molecule has 0 heterocycles. The Morgan fingerprint density at radius 3 is 1.97 bits per heavy atom. The van der Waals surface area contributed by atoms with Gasteiger partial charge in [-0.25, -0.2) is 9.59 Å². The molecule has 9 N–H and O–H groups in total. The van der Waals surface area contributed by atoms with Crippen LogP contribution in [0.4, 0.5) is 4.79 Å². The van der Waals surface area contributed by atoms with E-state index in [1.165, 1.54) is 13.8 Å². The van der Waals surface area contributed by atoms with Crippen molar-refractivity contribution >= 4 is 35.7 Å². The number of aliphatic carboxylic acids is 1. The standard InChI is InChI=1S/C24H36N6O8/c1-14(20(32)27-15(2)21(33)29-18(23(35)36)12-19(26)31)28-22(34)17(10-6-7-11-25)30-24(37)38-13-16-8-4-3-5-9-16/h3-5,8-9,14-15,17-18H,6-7,10-13,25H2,1-2H3,(H2,26,31)(H,27,32)(H,28,34)(H,29,33)(H,30,37)(H,35,36)/t14-,15-,17-,18+/m1/s1. The van der Waals surface area contributed by atoms with Gasteiger partial charge in [0.25, 0.3) is 0 Å². The maximum absolute atomic E-state index is 12.8.